The summed E-state index contributed by atoms with van der Waals surface area (Å²) in [7, 11) is 0. The predicted octanol–water partition coefficient (Wildman–Crippen LogP) is 0.659. The van der Waals surface area contributed by atoms with Gasteiger partial charge < -0.3 is 5.11 Å². The standard InChI is InChI=1S/C5H5NO.C3H3N3/c7-5-3-1-2-4-6-5;1-4-2-6-3-5-1/h1-4H,(H,6,7);1-3H. The lowest BCUT2D eigenvalue weighted by Crippen LogP contribution is -1.73. The van der Waals surface area contributed by atoms with Crippen LogP contribution in [0.2, 0.25) is 0 Å². The van der Waals surface area contributed by atoms with Crippen LogP contribution in [0.4, 0.5) is 0 Å². The number of rotatable bonds is 0. The molecule has 0 aliphatic carbocycles. The molecule has 0 atom stereocenters. The number of aromatic nitrogens is 4. The van der Waals surface area contributed by atoms with Crippen LogP contribution in [0, 0.1) is 0 Å². The summed E-state index contributed by atoms with van der Waals surface area (Å²) in [6.07, 6.45) is 5.85. The molecule has 5 heteroatoms. The molecule has 0 amide bonds. The van der Waals surface area contributed by atoms with Gasteiger partial charge in [-0.15, -0.1) is 0 Å². The van der Waals surface area contributed by atoms with Gasteiger partial charge in [0.2, 0.25) is 5.88 Å². The first-order valence-corrected chi connectivity index (χ1v) is 3.54. The van der Waals surface area contributed by atoms with Crippen LogP contribution in [0.25, 0.3) is 0 Å². The Hall–Kier alpha value is -2.04. The maximum Gasteiger partial charge on any atom is 0.210 e. The van der Waals surface area contributed by atoms with Gasteiger partial charge >= 0.3 is 0 Å². The van der Waals surface area contributed by atoms with Gasteiger partial charge in [0, 0.05) is 12.3 Å². The Kier molecular flexibility index (Phi) is 3.89. The fourth-order valence-corrected chi connectivity index (χ4v) is 0.559. The molecule has 0 aliphatic heterocycles. The maximum absolute atomic E-state index is 8.52. The molecular formula is C8H8N4O. The third-order valence-electron chi connectivity index (χ3n) is 1.05. The first kappa shape index (κ1) is 9.05. The van der Waals surface area contributed by atoms with Gasteiger partial charge in [-0.1, -0.05) is 6.07 Å². The zero-order valence-corrected chi connectivity index (χ0v) is 6.78. The van der Waals surface area contributed by atoms with Crippen LogP contribution in [-0.2, 0) is 0 Å². The molecule has 2 aromatic rings. The second-order valence-electron chi connectivity index (χ2n) is 1.98. The fourth-order valence-electron chi connectivity index (χ4n) is 0.559. The highest BCUT2D eigenvalue weighted by atomic mass is 16.3. The Morgan fingerprint density at radius 3 is 1.77 bits per heavy atom. The molecule has 2 rings (SSSR count). The number of hydrogen-bond acceptors (Lipinski definition) is 5. The molecule has 0 aliphatic rings. The highest BCUT2D eigenvalue weighted by molar-refractivity contribution is 5.06. The lowest BCUT2D eigenvalue weighted by Gasteiger charge is -1.81. The van der Waals surface area contributed by atoms with Gasteiger partial charge in [-0.3, -0.25) is 0 Å². The van der Waals surface area contributed by atoms with Crippen molar-refractivity contribution in [3.63, 3.8) is 0 Å². The van der Waals surface area contributed by atoms with Crippen molar-refractivity contribution in [2.24, 2.45) is 0 Å². The van der Waals surface area contributed by atoms with Crippen LogP contribution in [-0.4, -0.2) is 25.0 Å². The van der Waals surface area contributed by atoms with Crippen LogP contribution in [0.3, 0.4) is 0 Å². The summed E-state index contributed by atoms with van der Waals surface area (Å²) >= 11 is 0. The first-order valence-electron chi connectivity index (χ1n) is 3.54. The third kappa shape index (κ3) is 4.41. The van der Waals surface area contributed by atoms with Crippen molar-refractivity contribution in [3.8, 4) is 5.88 Å². The Morgan fingerprint density at radius 2 is 1.54 bits per heavy atom. The van der Waals surface area contributed by atoms with Crippen LogP contribution < -0.4 is 0 Å². The molecule has 5 nitrogen and oxygen atoms in total. The summed E-state index contributed by atoms with van der Waals surface area (Å²) in [5, 5.41) is 8.52. The molecule has 0 bridgehead atoms. The molecule has 0 aromatic carbocycles. The van der Waals surface area contributed by atoms with Crippen LogP contribution in [0.15, 0.2) is 43.4 Å². The summed E-state index contributed by atoms with van der Waals surface area (Å²) in [5.41, 5.74) is 0. The van der Waals surface area contributed by atoms with Crippen molar-refractivity contribution in [3.05, 3.63) is 43.4 Å². The van der Waals surface area contributed by atoms with Gasteiger partial charge in [0.25, 0.3) is 0 Å². The number of nitrogens with zero attached hydrogens (tertiary/aromatic N) is 4. The average molecular weight is 176 g/mol. The van der Waals surface area contributed by atoms with E-state index in [1.807, 2.05) is 0 Å². The lowest BCUT2D eigenvalue weighted by molar-refractivity contribution is 0.453. The van der Waals surface area contributed by atoms with Crippen molar-refractivity contribution >= 4 is 0 Å². The van der Waals surface area contributed by atoms with Crippen LogP contribution >= 0.6 is 0 Å². The summed E-state index contributed by atoms with van der Waals surface area (Å²) in [6.45, 7) is 0. The normalized spacial score (nSPS) is 8.31. The van der Waals surface area contributed by atoms with E-state index in [9.17, 15) is 0 Å². The van der Waals surface area contributed by atoms with Crippen LogP contribution in [0.1, 0.15) is 0 Å². The Labute approximate surface area is 75.2 Å². The fraction of sp³-hybridized carbons (Fsp3) is 0. The van der Waals surface area contributed by atoms with Gasteiger partial charge in [-0.2, -0.15) is 0 Å². The Morgan fingerprint density at radius 1 is 0.923 bits per heavy atom. The Balaban J connectivity index is 0.000000132. The van der Waals surface area contributed by atoms with Gasteiger partial charge in [0.15, 0.2) is 0 Å². The predicted molar refractivity (Wildman–Crippen MR) is 45.7 cm³/mol. The topological polar surface area (TPSA) is 71.8 Å². The monoisotopic (exact) mass is 176 g/mol. The molecule has 2 heterocycles. The van der Waals surface area contributed by atoms with E-state index in [4.69, 9.17) is 5.11 Å². The Bertz CT molecular complexity index is 287. The summed E-state index contributed by atoms with van der Waals surface area (Å²) < 4.78 is 0. The third-order valence-corrected chi connectivity index (χ3v) is 1.05. The van der Waals surface area contributed by atoms with Crippen molar-refractivity contribution in [2.75, 3.05) is 0 Å². The summed E-state index contributed by atoms with van der Waals surface area (Å²) in [5.74, 6) is 0.0718. The molecule has 0 saturated heterocycles. The molecule has 0 spiro atoms. The SMILES string of the molecule is Oc1ccccn1.c1ncncn1. The molecule has 13 heavy (non-hydrogen) atoms. The van der Waals surface area contributed by atoms with E-state index in [0.29, 0.717) is 0 Å². The first-order chi connectivity index (χ1) is 6.39. The molecule has 0 unspecified atom stereocenters. The smallest absolute Gasteiger partial charge is 0.210 e. The highest BCUT2D eigenvalue weighted by Crippen LogP contribution is 1.96. The van der Waals surface area contributed by atoms with Gasteiger partial charge in [-0.25, -0.2) is 19.9 Å². The quantitative estimate of drug-likeness (QED) is 0.638. The van der Waals surface area contributed by atoms with E-state index in [2.05, 4.69) is 19.9 Å². The van der Waals surface area contributed by atoms with E-state index in [0.717, 1.165) is 0 Å². The summed E-state index contributed by atoms with van der Waals surface area (Å²) in [6, 6.07) is 5.00. The van der Waals surface area contributed by atoms with Gasteiger partial charge in [-0.05, 0) is 6.07 Å². The maximum atomic E-state index is 8.52. The van der Waals surface area contributed by atoms with Crippen molar-refractivity contribution in [2.45, 2.75) is 0 Å². The molecule has 0 radical (unpaired) electrons. The molecular weight excluding hydrogens is 168 g/mol. The van der Waals surface area contributed by atoms with E-state index >= 15 is 0 Å². The molecule has 0 saturated carbocycles. The highest BCUT2D eigenvalue weighted by Gasteiger charge is 1.76. The second-order valence-corrected chi connectivity index (χ2v) is 1.98. The van der Waals surface area contributed by atoms with Crippen molar-refractivity contribution in [1.29, 1.82) is 0 Å². The minimum absolute atomic E-state index is 0.0718. The van der Waals surface area contributed by atoms with E-state index < -0.39 is 0 Å². The van der Waals surface area contributed by atoms with Crippen molar-refractivity contribution < 1.29 is 5.11 Å². The number of pyridine rings is 1. The number of aromatic hydroxyl groups is 1. The van der Waals surface area contributed by atoms with Gasteiger partial charge in [0.05, 0.1) is 0 Å². The minimum atomic E-state index is 0.0718. The van der Waals surface area contributed by atoms with Crippen LogP contribution in [0.5, 0.6) is 5.88 Å². The lowest BCUT2D eigenvalue weighted by atomic mass is 10.5. The van der Waals surface area contributed by atoms with E-state index in [1.165, 1.54) is 31.2 Å². The zero-order chi connectivity index (χ0) is 9.36. The average Bonchev–Trinajstić information content (AvgIpc) is 2.22. The molecule has 1 N–H and O–H groups in total. The largest absolute Gasteiger partial charge is 0.493 e. The van der Waals surface area contributed by atoms with Gasteiger partial charge in [0.1, 0.15) is 19.0 Å². The second kappa shape index (κ2) is 5.59. The molecule has 0 fully saturated rings. The van der Waals surface area contributed by atoms with E-state index in [1.54, 1.807) is 12.1 Å². The van der Waals surface area contributed by atoms with Crippen molar-refractivity contribution in [1.82, 2.24) is 19.9 Å². The zero-order valence-electron chi connectivity index (χ0n) is 6.78. The minimum Gasteiger partial charge on any atom is -0.493 e. The molecule has 66 valence electrons. The molecule has 2 aromatic heterocycles. The van der Waals surface area contributed by atoms with E-state index in [-0.39, 0.29) is 5.88 Å². The number of hydrogen-bond donors (Lipinski definition) is 1. The summed E-state index contributed by atoms with van der Waals surface area (Å²) in [4.78, 5) is 14.2.